The topological polar surface area (TPSA) is 46.3 Å². The molecule has 0 unspecified atom stereocenters. The van der Waals surface area contributed by atoms with Gasteiger partial charge in [-0.25, -0.2) is 0 Å². The number of hydrogen-bond donors (Lipinski definition) is 1. The van der Waals surface area contributed by atoms with E-state index in [-0.39, 0.29) is 11.9 Å². The Labute approximate surface area is 68.6 Å². The summed E-state index contributed by atoms with van der Waals surface area (Å²) in [5.41, 5.74) is 5.49. The first kappa shape index (κ1) is 10.4. The SMILES string of the molecule is CCN(CC)C(=O)C[C@@H](C)N. The molecule has 0 bridgehead atoms. The van der Waals surface area contributed by atoms with Gasteiger partial charge in [0.15, 0.2) is 0 Å². The normalized spacial score (nSPS) is 12.7. The van der Waals surface area contributed by atoms with Crippen molar-refractivity contribution in [3.05, 3.63) is 0 Å². The highest BCUT2D eigenvalue weighted by Gasteiger charge is 2.10. The minimum atomic E-state index is -0.0249. The maximum atomic E-state index is 11.3. The van der Waals surface area contributed by atoms with Crippen LogP contribution in [0.3, 0.4) is 0 Å². The zero-order valence-corrected chi connectivity index (χ0v) is 7.63. The second-order valence-corrected chi connectivity index (χ2v) is 2.75. The van der Waals surface area contributed by atoms with E-state index in [9.17, 15) is 4.79 Å². The van der Waals surface area contributed by atoms with Crippen LogP contribution in [0, 0.1) is 0 Å². The lowest BCUT2D eigenvalue weighted by molar-refractivity contribution is -0.131. The molecule has 0 saturated carbocycles. The second kappa shape index (κ2) is 5.13. The van der Waals surface area contributed by atoms with E-state index in [1.54, 1.807) is 4.90 Å². The molecule has 0 radical (unpaired) electrons. The Hall–Kier alpha value is -0.570. The van der Waals surface area contributed by atoms with Crippen molar-refractivity contribution in [2.24, 2.45) is 5.73 Å². The standard InChI is InChI=1S/C8H18N2O/c1-4-10(5-2)8(11)6-7(3)9/h7H,4-6,9H2,1-3H3/t7-/m1/s1. The Bertz CT molecular complexity index is 119. The molecule has 1 amide bonds. The van der Waals surface area contributed by atoms with Crippen molar-refractivity contribution >= 4 is 5.91 Å². The van der Waals surface area contributed by atoms with Gasteiger partial charge in [-0.15, -0.1) is 0 Å². The molecule has 11 heavy (non-hydrogen) atoms. The molecule has 0 saturated heterocycles. The average molecular weight is 158 g/mol. The molecule has 2 N–H and O–H groups in total. The summed E-state index contributed by atoms with van der Waals surface area (Å²) in [4.78, 5) is 13.1. The molecule has 1 atom stereocenters. The Morgan fingerprint density at radius 1 is 1.45 bits per heavy atom. The highest BCUT2D eigenvalue weighted by atomic mass is 16.2. The molecular weight excluding hydrogens is 140 g/mol. The van der Waals surface area contributed by atoms with Crippen molar-refractivity contribution in [1.29, 1.82) is 0 Å². The predicted molar refractivity (Wildman–Crippen MR) is 46.2 cm³/mol. The summed E-state index contributed by atoms with van der Waals surface area (Å²) in [5.74, 6) is 0.157. The van der Waals surface area contributed by atoms with Crippen LogP contribution in [0.5, 0.6) is 0 Å². The molecule has 3 nitrogen and oxygen atoms in total. The van der Waals surface area contributed by atoms with Crippen molar-refractivity contribution < 1.29 is 4.79 Å². The molecule has 0 spiro atoms. The van der Waals surface area contributed by atoms with E-state index in [1.807, 2.05) is 20.8 Å². The van der Waals surface area contributed by atoms with E-state index in [2.05, 4.69) is 0 Å². The van der Waals surface area contributed by atoms with Crippen LogP contribution in [-0.4, -0.2) is 29.9 Å². The van der Waals surface area contributed by atoms with Crippen LogP contribution < -0.4 is 5.73 Å². The van der Waals surface area contributed by atoms with Crippen molar-refractivity contribution in [3.8, 4) is 0 Å². The van der Waals surface area contributed by atoms with E-state index < -0.39 is 0 Å². The van der Waals surface area contributed by atoms with Crippen LogP contribution >= 0.6 is 0 Å². The molecule has 0 aliphatic rings. The molecule has 0 fully saturated rings. The Balaban J connectivity index is 3.79. The van der Waals surface area contributed by atoms with E-state index in [0.29, 0.717) is 6.42 Å². The molecule has 0 aromatic heterocycles. The van der Waals surface area contributed by atoms with E-state index in [4.69, 9.17) is 5.73 Å². The van der Waals surface area contributed by atoms with Crippen LogP contribution in [-0.2, 0) is 4.79 Å². The molecule has 66 valence electrons. The third-order valence-electron chi connectivity index (χ3n) is 1.61. The van der Waals surface area contributed by atoms with Gasteiger partial charge in [-0.3, -0.25) is 4.79 Å². The molecule has 0 aliphatic carbocycles. The van der Waals surface area contributed by atoms with Gasteiger partial charge in [-0.05, 0) is 20.8 Å². The fourth-order valence-corrected chi connectivity index (χ4v) is 0.981. The molecular formula is C8H18N2O. The first-order valence-corrected chi connectivity index (χ1v) is 4.15. The summed E-state index contributed by atoms with van der Waals surface area (Å²) < 4.78 is 0. The molecule has 0 heterocycles. The van der Waals surface area contributed by atoms with E-state index >= 15 is 0 Å². The van der Waals surface area contributed by atoms with Crippen LogP contribution in [0.15, 0.2) is 0 Å². The van der Waals surface area contributed by atoms with Gasteiger partial charge in [-0.1, -0.05) is 0 Å². The minimum absolute atomic E-state index is 0.0249. The van der Waals surface area contributed by atoms with Crippen LogP contribution in [0.2, 0.25) is 0 Å². The fraction of sp³-hybridized carbons (Fsp3) is 0.875. The Kier molecular flexibility index (Phi) is 4.86. The maximum Gasteiger partial charge on any atom is 0.224 e. The second-order valence-electron chi connectivity index (χ2n) is 2.75. The largest absolute Gasteiger partial charge is 0.343 e. The quantitative estimate of drug-likeness (QED) is 0.651. The minimum Gasteiger partial charge on any atom is -0.343 e. The van der Waals surface area contributed by atoms with Crippen molar-refractivity contribution in [1.82, 2.24) is 4.90 Å². The van der Waals surface area contributed by atoms with Gasteiger partial charge in [0.25, 0.3) is 0 Å². The third-order valence-corrected chi connectivity index (χ3v) is 1.61. The monoisotopic (exact) mass is 158 g/mol. The van der Waals surface area contributed by atoms with Gasteiger partial charge in [0.2, 0.25) is 5.91 Å². The Morgan fingerprint density at radius 2 is 1.91 bits per heavy atom. The number of nitrogens with two attached hydrogens (primary N) is 1. The Morgan fingerprint density at radius 3 is 2.18 bits per heavy atom. The number of nitrogens with zero attached hydrogens (tertiary/aromatic N) is 1. The van der Waals surface area contributed by atoms with Gasteiger partial charge in [0.05, 0.1) is 0 Å². The summed E-state index contributed by atoms with van der Waals surface area (Å²) in [5, 5.41) is 0. The molecule has 0 aliphatic heterocycles. The number of rotatable bonds is 4. The van der Waals surface area contributed by atoms with E-state index in [0.717, 1.165) is 13.1 Å². The average Bonchev–Trinajstić information content (AvgIpc) is 1.88. The summed E-state index contributed by atoms with van der Waals surface area (Å²) in [6, 6.07) is -0.0249. The zero-order valence-electron chi connectivity index (χ0n) is 7.63. The smallest absolute Gasteiger partial charge is 0.224 e. The number of hydrogen-bond acceptors (Lipinski definition) is 2. The maximum absolute atomic E-state index is 11.3. The summed E-state index contributed by atoms with van der Waals surface area (Å²) in [7, 11) is 0. The van der Waals surface area contributed by atoms with Gasteiger partial charge < -0.3 is 10.6 Å². The first-order chi connectivity index (χ1) is 5.11. The van der Waals surface area contributed by atoms with Gasteiger partial charge in [-0.2, -0.15) is 0 Å². The first-order valence-electron chi connectivity index (χ1n) is 4.15. The lowest BCUT2D eigenvalue weighted by Gasteiger charge is -2.19. The van der Waals surface area contributed by atoms with Crippen LogP contribution in [0.1, 0.15) is 27.2 Å². The van der Waals surface area contributed by atoms with Crippen molar-refractivity contribution in [2.75, 3.05) is 13.1 Å². The van der Waals surface area contributed by atoms with Crippen molar-refractivity contribution in [2.45, 2.75) is 33.2 Å². The van der Waals surface area contributed by atoms with Gasteiger partial charge in [0, 0.05) is 25.6 Å². The molecule has 0 rings (SSSR count). The number of amides is 1. The highest BCUT2D eigenvalue weighted by molar-refractivity contribution is 5.76. The molecule has 3 heteroatoms. The highest BCUT2D eigenvalue weighted by Crippen LogP contribution is 1.95. The third kappa shape index (κ3) is 3.98. The fourth-order valence-electron chi connectivity index (χ4n) is 0.981. The van der Waals surface area contributed by atoms with Crippen molar-refractivity contribution in [3.63, 3.8) is 0 Å². The number of carbonyl (C=O) groups is 1. The summed E-state index contributed by atoms with van der Waals surface area (Å²) in [6.45, 7) is 7.36. The lowest BCUT2D eigenvalue weighted by Crippen LogP contribution is -2.34. The molecule has 0 aromatic rings. The zero-order chi connectivity index (χ0) is 8.85. The van der Waals surface area contributed by atoms with Crippen LogP contribution in [0.25, 0.3) is 0 Å². The van der Waals surface area contributed by atoms with Crippen LogP contribution in [0.4, 0.5) is 0 Å². The van der Waals surface area contributed by atoms with Gasteiger partial charge in [0.1, 0.15) is 0 Å². The van der Waals surface area contributed by atoms with Gasteiger partial charge >= 0.3 is 0 Å². The lowest BCUT2D eigenvalue weighted by atomic mass is 10.2. The predicted octanol–water partition coefficient (Wildman–Crippen LogP) is 0.592. The summed E-state index contributed by atoms with van der Waals surface area (Å²) in [6.07, 6.45) is 0.460. The molecule has 0 aromatic carbocycles. The number of carbonyl (C=O) groups excluding carboxylic acids is 1. The summed E-state index contributed by atoms with van der Waals surface area (Å²) >= 11 is 0. The van der Waals surface area contributed by atoms with E-state index in [1.165, 1.54) is 0 Å².